The lowest BCUT2D eigenvalue weighted by Gasteiger charge is -2.23. The van der Waals surface area contributed by atoms with Gasteiger partial charge in [-0.3, -0.25) is 13.9 Å². The minimum Gasteiger partial charge on any atom is -0.322 e. The van der Waals surface area contributed by atoms with Gasteiger partial charge in [0.25, 0.3) is 5.56 Å². The fourth-order valence-electron chi connectivity index (χ4n) is 4.32. The van der Waals surface area contributed by atoms with Crippen molar-refractivity contribution in [2.75, 3.05) is 0 Å². The monoisotopic (exact) mass is 486 g/mol. The minimum atomic E-state index is -0.870. The molecule has 0 bridgehead atoms. The molecule has 0 unspecified atom stereocenters. The van der Waals surface area contributed by atoms with Gasteiger partial charge in [-0.1, -0.05) is 12.1 Å². The van der Waals surface area contributed by atoms with Crippen molar-refractivity contribution in [1.82, 2.24) is 18.9 Å². The van der Waals surface area contributed by atoms with E-state index in [1.54, 1.807) is 73.3 Å². The molecule has 2 heterocycles. The topological polar surface area (TPSA) is 112 Å². The quantitative estimate of drug-likeness (QED) is 0.447. The van der Waals surface area contributed by atoms with Crippen LogP contribution >= 0.6 is 0 Å². The maximum absolute atomic E-state index is 13.8. The van der Waals surface area contributed by atoms with Gasteiger partial charge in [-0.25, -0.2) is 13.9 Å². The molecule has 0 saturated carbocycles. The first-order chi connectivity index (χ1) is 17.1. The molecule has 0 fully saturated rings. The summed E-state index contributed by atoms with van der Waals surface area (Å²) in [6.45, 7) is 6.48. The van der Waals surface area contributed by atoms with E-state index in [2.05, 4.69) is 11.2 Å². The van der Waals surface area contributed by atoms with E-state index in [0.29, 0.717) is 39.5 Å². The van der Waals surface area contributed by atoms with Crippen molar-refractivity contribution in [3.05, 3.63) is 98.0 Å². The number of halogens is 1. The molecule has 0 aliphatic rings. The van der Waals surface area contributed by atoms with Gasteiger partial charge in [0.15, 0.2) is 0 Å². The zero-order chi connectivity index (χ0) is 26.2. The number of nitrogens with two attached hydrogens (primary N) is 1. The third kappa shape index (κ3) is 4.16. The summed E-state index contributed by atoms with van der Waals surface area (Å²) in [6.07, 6.45) is 1.61. The van der Waals surface area contributed by atoms with Crippen molar-refractivity contribution >= 4 is 0 Å². The van der Waals surface area contributed by atoms with Crippen LogP contribution in [0.25, 0.3) is 22.6 Å². The molecule has 2 aromatic heterocycles. The van der Waals surface area contributed by atoms with E-state index in [4.69, 9.17) is 5.73 Å². The number of aromatic nitrogens is 4. The summed E-state index contributed by atoms with van der Waals surface area (Å²) in [5.74, 6) is 0. The molecule has 0 radical (unpaired) electrons. The maximum atomic E-state index is 13.8. The predicted octanol–water partition coefficient (Wildman–Crippen LogP) is 3.72. The van der Waals surface area contributed by atoms with Crippen LogP contribution < -0.4 is 17.0 Å². The molecular formula is C27H27FN6O2. The summed E-state index contributed by atoms with van der Waals surface area (Å²) >= 11 is 0. The summed E-state index contributed by atoms with van der Waals surface area (Å²) in [5.41, 5.74) is 8.33. The Labute approximate surface area is 207 Å². The van der Waals surface area contributed by atoms with Crippen LogP contribution in [0.2, 0.25) is 0 Å². The Hall–Kier alpha value is -4.29. The Kier molecular flexibility index (Phi) is 6.48. The highest BCUT2D eigenvalue weighted by Crippen LogP contribution is 2.32. The van der Waals surface area contributed by atoms with Crippen LogP contribution in [0.4, 0.5) is 4.39 Å². The van der Waals surface area contributed by atoms with Gasteiger partial charge in [-0.2, -0.15) is 10.4 Å². The Morgan fingerprint density at radius 1 is 1.11 bits per heavy atom. The van der Waals surface area contributed by atoms with Gasteiger partial charge in [0, 0.05) is 23.3 Å². The van der Waals surface area contributed by atoms with Gasteiger partial charge in [-0.15, -0.1) is 0 Å². The summed E-state index contributed by atoms with van der Waals surface area (Å²) < 4.78 is 17.6. The standard InChI is InChI=1S/C27H27FN6O2/c1-5-32-25(35)23(17(2)33(26(32)36)21-8-6-7-19(13-21)14-28)24-22(27(3,4)30)16-31-34(24)20-11-9-18(15-29)10-12-20/h6-13,16H,5,14,30H2,1-4H3. The lowest BCUT2D eigenvalue weighted by Crippen LogP contribution is -2.41. The van der Waals surface area contributed by atoms with E-state index >= 15 is 0 Å². The highest BCUT2D eigenvalue weighted by atomic mass is 19.1. The molecule has 2 aromatic carbocycles. The van der Waals surface area contributed by atoms with E-state index < -0.39 is 23.5 Å². The van der Waals surface area contributed by atoms with Gasteiger partial charge in [0.1, 0.15) is 6.67 Å². The number of nitriles is 1. The molecule has 184 valence electrons. The summed E-state index contributed by atoms with van der Waals surface area (Å²) in [4.78, 5) is 27.2. The van der Waals surface area contributed by atoms with Gasteiger partial charge in [0.2, 0.25) is 0 Å². The average molecular weight is 487 g/mol. The maximum Gasteiger partial charge on any atom is 0.335 e. The molecule has 0 amide bonds. The molecule has 4 rings (SSSR count). The van der Waals surface area contributed by atoms with E-state index in [9.17, 15) is 19.2 Å². The normalized spacial score (nSPS) is 11.5. The number of hydrogen-bond acceptors (Lipinski definition) is 5. The van der Waals surface area contributed by atoms with E-state index in [1.165, 1.54) is 4.57 Å². The smallest absolute Gasteiger partial charge is 0.322 e. The van der Waals surface area contributed by atoms with Crippen molar-refractivity contribution in [3.63, 3.8) is 0 Å². The summed E-state index contributed by atoms with van der Waals surface area (Å²) in [6, 6.07) is 15.5. The Balaban J connectivity index is 2.14. The zero-order valence-electron chi connectivity index (χ0n) is 20.6. The van der Waals surface area contributed by atoms with Crippen LogP contribution in [0.3, 0.4) is 0 Å². The number of rotatable bonds is 6. The van der Waals surface area contributed by atoms with Crippen molar-refractivity contribution in [2.24, 2.45) is 5.73 Å². The van der Waals surface area contributed by atoms with Gasteiger partial charge < -0.3 is 5.73 Å². The van der Waals surface area contributed by atoms with Crippen LogP contribution in [-0.2, 0) is 18.8 Å². The van der Waals surface area contributed by atoms with Gasteiger partial charge in [0.05, 0.1) is 40.5 Å². The summed E-state index contributed by atoms with van der Waals surface area (Å²) in [5, 5.41) is 13.7. The molecule has 0 spiro atoms. The number of benzene rings is 2. The molecule has 9 heteroatoms. The van der Waals surface area contributed by atoms with Crippen molar-refractivity contribution in [3.8, 4) is 28.7 Å². The highest BCUT2D eigenvalue weighted by Gasteiger charge is 2.29. The molecule has 36 heavy (non-hydrogen) atoms. The summed E-state index contributed by atoms with van der Waals surface area (Å²) in [7, 11) is 0. The predicted molar refractivity (Wildman–Crippen MR) is 136 cm³/mol. The Bertz CT molecular complexity index is 1600. The fourth-order valence-corrected chi connectivity index (χ4v) is 4.32. The van der Waals surface area contributed by atoms with Gasteiger partial charge in [-0.05, 0) is 69.7 Å². The molecule has 0 atom stereocenters. The molecule has 0 aliphatic carbocycles. The lowest BCUT2D eigenvalue weighted by atomic mass is 9.93. The van der Waals surface area contributed by atoms with Crippen molar-refractivity contribution in [1.29, 1.82) is 5.26 Å². The van der Waals surface area contributed by atoms with E-state index in [0.717, 1.165) is 4.57 Å². The van der Waals surface area contributed by atoms with E-state index in [1.807, 2.05) is 13.8 Å². The Morgan fingerprint density at radius 2 is 1.81 bits per heavy atom. The van der Waals surface area contributed by atoms with Crippen LogP contribution in [0, 0.1) is 18.3 Å². The number of nitrogens with zero attached hydrogens (tertiary/aromatic N) is 5. The second kappa shape index (κ2) is 9.40. The zero-order valence-corrected chi connectivity index (χ0v) is 20.6. The minimum absolute atomic E-state index is 0.139. The third-order valence-electron chi connectivity index (χ3n) is 6.16. The van der Waals surface area contributed by atoms with Crippen molar-refractivity contribution < 1.29 is 4.39 Å². The molecule has 8 nitrogen and oxygen atoms in total. The second-order valence-corrected chi connectivity index (χ2v) is 9.13. The first-order valence-corrected chi connectivity index (χ1v) is 11.5. The molecule has 0 saturated heterocycles. The molecule has 0 aliphatic heterocycles. The Morgan fingerprint density at radius 3 is 2.39 bits per heavy atom. The molecular weight excluding hydrogens is 459 g/mol. The van der Waals surface area contributed by atoms with Crippen LogP contribution in [0.15, 0.2) is 64.3 Å². The van der Waals surface area contributed by atoms with Crippen LogP contribution in [0.5, 0.6) is 0 Å². The fraction of sp³-hybridized carbons (Fsp3) is 0.259. The lowest BCUT2D eigenvalue weighted by molar-refractivity contribution is 0.485. The number of alkyl halides is 1. The largest absolute Gasteiger partial charge is 0.335 e. The molecule has 4 aromatic rings. The second-order valence-electron chi connectivity index (χ2n) is 9.13. The van der Waals surface area contributed by atoms with Crippen molar-refractivity contribution in [2.45, 2.75) is 46.5 Å². The SMILES string of the molecule is CCn1c(=O)c(-c2c(C(C)(C)N)cnn2-c2ccc(C#N)cc2)c(C)n(-c2cccc(CF)c2)c1=O. The third-order valence-corrected chi connectivity index (χ3v) is 6.16. The average Bonchev–Trinajstić information content (AvgIpc) is 3.30. The van der Waals surface area contributed by atoms with Crippen LogP contribution in [0.1, 0.15) is 43.2 Å². The number of hydrogen-bond donors (Lipinski definition) is 1. The first kappa shape index (κ1) is 24.8. The van der Waals surface area contributed by atoms with Crippen LogP contribution in [-0.4, -0.2) is 18.9 Å². The highest BCUT2D eigenvalue weighted by molar-refractivity contribution is 5.69. The van der Waals surface area contributed by atoms with E-state index in [-0.39, 0.29) is 12.1 Å². The van der Waals surface area contributed by atoms with Gasteiger partial charge >= 0.3 is 5.69 Å². The first-order valence-electron chi connectivity index (χ1n) is 11.5. The molecule has 2 N–H and O–H groups in total.